The lowest BCUT2D eigenvalue weighted by Crippen LogP contribution is -2.11. The Morgan fingerprint density at radius 1 is 1.47 bits per heavy atom. The van der Waals surface area contributed by atoms with Gasteiger partial charge in [-0.3, -0.25) is 4.79 Å². The van der Waals surface area contributed by atoms with Crippen LogP contribution in [0.15, 0.2) is 18.2 Å². The van der Waals surface area contributed by atoms with E-state index in [0.29, 0.717) is 18.5 Å². The molecule has 102 valence electrons. The maximum absolute atomic E-state index is 13.7. The third-order valence-corrected chi connectivity index (χ3v) is 2.47. The van der Waals surface area contributed by atoms with E-state index < -0.39 is 5.82 Å². The first kappa shape index (κ1) is 15.2. The van der Waals surface area contributed by atoms with Gasteiger partial charge < -0.3 is 10.4 Å². The average molecular weight is 263 g/mol. The minimum absolute atomic E-state index is 0.0415. The van der Waals surface area contributed by atoms with Crippen LogP contribution < -0.4 is 5.32 Å². The second-order valence-corrected chi connectivity index (χ2v) is 4.12. The van der Waals surface area contributed by atoms with Crippen molar-refractivity contribution in [1.82, 2.24) is 0 Å². The smallest absolute Gasteiger partial charge is 0.224 e. The second-order valence-electron chi connectivity index (χ2n) is 4.12. The molecule has 0 aliphatic rings. The molecule has 0 aliphatic carbocycles. The van der Waals surface area contributed by atoms with Crippen molar-refractivity contribution in [3.8, 4) is 11.8 Å². The van der Waals surface area contributed by atoms with Crippen LogP contribution in [0.4, 0.5) is 10.1 Å². The Balaban J connectivity index is 2.67. The molecule has 0 heterocycles. The van der Waals surface area contributed by atoms with Crippen LogP contribution in [0.1, 0.15) is 38.2 Å². The summed E-state index contributed by atoms with van der Waals surface area (Å²) in [7, 11) is 0. The van der Waals surface area contributed by atoms with Gasteiger partial charge in [-0.2, -0.15) is 0 Å². The Kier molecular flexibility index (Phi) is 6.62. The summed E-state index contributed by atoms with van der Waals surface area (Å²) < 4.78 is 13.7. The minimum Gasteiger partial charge on any atom is -0.395 e. The first-order valence-corrected chi connectivity index (χ1v) is 6.36. The van der Waals surface area contributed by atoms with Crippen LogP contribution in [-0.2, 0) is 4.79 Å². The number of rotatable bonds is 5. The molecule has 1 amide bonds. The molecule has 0 aliphatic heterocycles. The molecule has 2 N–H and O–H groups in total. The summed E-state index contributed by atoms with van der Waals surface area (Å²) in [6.45, 7) is 1.97. The Labute approximate surface area is 112 Å². The quantitative estimate of drug-likeness (QED) is 0.802. The fourth-order valence-electron chi connectivity index (χ4n) is 1.47. The van der Waals surface area contributed by atoms with Crippen molar-refractivity contribution in [3.63, 3.8) is 0 Å². The van der Waals surface area contributed by atoms with Gasteiger partial charge in [-0.1, -0.05) is 25.2 Å². The van der Waals surface area contributed by atoms with Gasteiger partial charge in [-0.05, 0) is 24.6 Å². The summed E-state index contributed by atoms with van der Waals surface area (Å²) >= 11 is 0. The van der Waals surface area contributed by atoms with Crippen LogP contribution in [0.25, 0.3) is 0 Å². The third kappa shape index (κ3) is 5.54. The van der Waals surface area contributed by atoms with E-state index >= 15 is 0 Å². The van der Waals surface area contributed by atoms with Crippen LogP contribution in [0, 0.1) is 17.7 Å². The molecule has 0 aromatic heterocycles. The lowest BCUT2D eigenvalue weighted by atomic mass is 10.2. The number of halogens is 1. The maximum atomic E-state index is 13.7. The van der Waals surface area contributed by atoms with Crippen molar-refractivity contribution < 1.29 is 14.3 Å². The predicted octanol–water partition coefficient (Wildman–Crippen LogP) is 2.69. The molecule has 19 heavy (non-hydrogen) atoms. The third-order valence-electron chi connectivity index (χ3n) is 2.47. The zero-order valence-electron chi connectivity index (χ0n) is 11.0. The van der Waals surface area contributed by atoms with E-state index in [2.05, 4.69) is 17.2 Å². The van der Waals surface area contributed by atoms with E-state index in [1.165, 1.54) is 12.1 Å². The molecule has 1 rings (SSSR count). The fraction of sp³-hybridized carbons (Fsp3) is 0.400. The molecule has 0 saturated heterocycles. The van der Waals surface area contributed by atoms with E-state index in [1.54, 1.807) is 6.07 Å². The average Bonchev–Trinajstić information content (AvgIpc) is 2.39. The van der Waals surface area contributed by atoms with Crippen LogP contribution >= 0.6 is 0 Å². The summed E-state index contributed by atoms with van der Waals surface area (Å²) in [6.07, 6.45) is 2.52. The number of amides is 1. The molecule has 1 aromatic rings. The predicted molar refractivity (Wildman–Crippen MR) is 73.1 cm³/mol. The highest BCUT2D eigenvalue weighted by atomic mass is 19.1. The van der Waals surface area contributed by atoms with Gasteiger partial charge in [-0.15, -0.1) is 0 Å². The number of anilines is 1. The molecule has 0 atom stereocenters. The largest absolute Gasteiger partial charge is 0.395 e. The molecule has 0 saturated carbocycles. The molecule has 3 nitrogen and oxygen atoms in total. The van der Waals surface area contributed by atoms with E-state index in [4.69, 9.17) is 5.11 Å². The van der Waals surface area contributed by atoms with Crippen molar-refractivity contribution in [1.29, 1.82) is 0 Å². The van der Waals surface area contributed by atoms with Crippen molar-refractivity contribution >= 4 is 11.6 Å². The van der Waals surface area contributed by atoms with Crippen LogP contribution in [0.5, 0.6) is 0 Å². The number of aliphatic hydroxyl groups is 1. The minimum atomic E-state index is -0.473. The standard InChI is InChI=1S/C15H18FNO2/c1-2-3-7-15(19)17-13-9-8-12(14(16)11-13)6-4-5-10-18/h8-9,11,18H,2-3,5,7,10H2,1H3,(H,17,19). The van der Waals surface area contributed by atoms with Crippen molar-refractivity contribution in [2.75, 3.05) is 11.9 Å². The van der Waals surface area contributed by atoms with E-state index in [-0.39, 0.29) is 18.1 Å². The molecule has 1 aromatic carbocycles. The molecule has 0 bridgehead atoms. The number of aliphatic hydroxyl groups excluding tert-OH is 1. The Hall–Kier alpha value is -1.86. The normalized spacial score (nSPS) is 9.63. The summed E-state index contributed by atoms with van der Waals surface area (Å²) in [6, 6.07) is 4.40. The van der Waals surface area contributed by atoms with Gasteiger partial charge in [0.25, 0.3) is 0 Å². The van der Waals surface area contributed by atoms with E-state index in [1.807, 2.05) is 6.92 Å². The number of hydrogen-bond donors (Lipinski definition) is 2. The van der Waals surface area contributed by atoms with Gasteiger partial charge >= 0.3 is 0 Å². The van der Waals surface area contributed by atoms with E-state index in [0.717, 1.165) is 12.8 Å². The summed E-state index contributed by atoms with van der Waals surface area (Å²) in [4.78, 5) is 11.5. The highest BCUT2D eigenvalue weighted by Crippen LogP contribution is 2.14. The van der Waals surface area contributed by atoms with Gasteiger partial charge in [0.1, 0.15) is 5.82 Å². The number of benzene rings is 1. The van der Waals surface area contributed by atoms with Gasteiger partial charge in [0, 0.05) is 18.5 Å². The van der Waals surface area contributed by atoms with Crippen LogP contribution in [0.3, 0.4) is 0 Å². The lowest BCUT2D eigenvalue weighted by Gasteiger charge is -2.05. The maximum Gasteiger partial charge on any atom is 0.224 e. The van der Waals surface area contributed by atoms with Gasteiger partial charge in [0.15, 0.2) is 0 Å². The number of unbranched alkanes of at least 4 members (excludes halogenated alkanes) is 1. The zero-order chi connectivity index (χ0) is 14.1. The molecular weight excluding hydrogens is 245 g/mol. The molecule has 0 spiro atoms. The molecule has 4 heteroatoms. The Morgan fingerprint density at radius 3 is 2.89 bits per heavy atom. The molecular formula is C15H18FNO2. The number of hydrogen-bond acceptors (Lipinski definition) is 2. The Bertz CT molecular complexity index is 489. The van der Waals surface area contributed by atoms with Crippen molar-refractivity contribution in [2.24, 2.45) is 0 Å². The number of carbonyl (C=O) groups excluding carboxylic acids is 1. The first-order chi connectivity index (χ1) is 9.17. The highest BCUT2D eigenvalue weighted by Gasteiger charge is 2.04. The zero-order valence-corrected chi connectivity index (χ0v) is 11.0. The Morgan fingerprint density at radius 2 is 2.26 bits per heavy atom. The molecule has 0 fully saturated rings. The SMILES string of the molecule is CCCCC(=O)Nc1ccc(C#CCCO)c(F)c1. The van der Waals surface area contributed by atoms with Crippen LogP contribution in [-0.4, -0.2) is 17.6 Å². The van der Waals surface area contributed by atoms with Gasteiger partial charge in [-0.25, -0.2) is 4.39 Å². The summed E-state index contributed by atoms with van der Waals surface area (Å²) in [5, 5.41) is 11.2. The summed E-state index contributed by atoms with van der Waals surface area (Å²) in [5.74, 6) is 4.70. The molecule has 0 unspecified atom stereocenters. The number of carbonyl (C=O) groups is 1. The van der Waals surface area contributed by atoms with Crippen molar-refractivity contribution in [2.45, 2.75) is 32.6 Å². The van der Waals surface area contributed by atoms with Crippen LogP contribution in [0.2, 0.25) is 0 Å². The lowest BCUT2D eigenvalue weighted by molar-refractivity contribution is -0.116. The van der Waals surface area contributed by atoms with Gasteiger partial charge in [0.2, 0.25) is 5.91 Å². The summed E-state index contributed by atoms with van der Waals surface area (Å²) in [5.41, 5.74) is 0.700. The second kappa shape index (κ2) is 8.28. The topological polar surface area (TPSA) is 49.3 Å². The first-order valence-electron chi connectivity index (χ1n) is 6.36. The highest BCUT2D eigenvalue weighted by molar-refractivity contribution is 5.90. The molecule has 0 radical (unpaired) electrons. The fourth-order valence-corrected chi connectivity index (χ4v) is 1.47. The number of nitrogens with one attached hydrogen (secondary N) is 1. The van der Waals surface area contributed by atoms with Crippen molar-refractivity contribution in [3.05, 3.63) is 29.6 Å². The van der Waals surface area contributed by atoms with E-state index in [9.17, 15) is 9.18 Å². The monoisotopic (exact) mass is 263 g/mol. The van der Waals surface area contributed by atoms with Gasteiger partial charge in [0.05, 0.1) is 12.2 Å².